The average molecular weight is 514 g/mol. The first-order chi connectivity index (χ1) is 17.2. The molecule has 7 fully saturated rings. The highest BCUT2D eigenvalue weighted by molar-refractivity contribution is 5.35. The van der Waals surface area contributed by atoms with Gasteiger partial charge in [-0.2, -0.15) is 0 Å². The summed E-state index contributed by atoms with van der Waals surface area (Å²) < 4.78 is 36.3. The van der Waals surface area contributed by atoms with Crippen molar-refractivity contribution >= 4 is 0 Å². The van der Waals surface area contributed by atoms with Crippen LogP contribution in [0.2, 0.25) is 0 Å². The quantitative estimate of drug-likeness (QED) is 0.423. The van der Waals surface area contributed by atoms with Gasteiger partial charge in [0, 0.05) is 96.0 Å². The molecule has 4 aliphatic carbocycles. The molecule has 7 rings (SSSR count). The maximum absolute atomic E-state index is 12.9. The zero-order chi connectivity index (χ0) is 25.8. The van der Waals surface area contributed by atoms with Crippen LogP contribution in [-0.4, -0.2) is 124 Å². The minimum absolute atomic E-state index is 0.0680. The van der Waals surface area contributed by atoms with Crippen LogP contribution in [0.5, 0.6) is 0 Å². The Labute approximate surface area is 213 Å². The van der Waals surface area contributed by atoms with Crippen molar-refractivity contribution in [2.75, 3.05) is 55.2 Å². The summed E-state index contributed by atoms with van der Waals surface area (Å²) in [7, 11) is 8.22. The van der Waals surface area contributed by atoms with E-state index in [1.165, 1.54) is 0 Å². The highest BCUT2D eigenvalue weighted by Gasteiger charge is 2.87. The fourth-order valence-electron chi connectivity index (χ4n) is 10.7. The maximum Gasteiger partial charge on any atom is 0.195 e. The van der Waals surface area contributed by atoms with Crippen molar-refractivity contribution in [3.63, 3.8) is 0 Å². The molecular formula is C26H43NO9. The van der Waals surface area contributed by atoms with E-state index in [1.54, 1.807) is 35.5 Å². The number of aliphatic hydroxyl groups is 3. The first-order valence-corrected chi connectivity index (χ1v) is 13.3. The van der Waals surface area contributed by atoms with Crippen LogP contribution in [0.15, 0.2) is 0 Å². The molecule has 0 aromatic carbocycles. The molecule has 14 atom stereocenters. The summed E-state index contributed by atoms with van der Waals surface area (Å²) in [5, 5.41) is 36.6. The largest absolute Gasteiger partial charge is 0.392 e. The van der Waals surface area contributed by atoms with Gasteiger partial charge in [-0.25, -0.2) is 0 Å². The Bertz CT molecular complexity index is 878. The van der Waals surface area contributed by atoms with E-state index in [-0.39, 0.29) is 48.8 Å². The van der Waals surface area contributed by atoms with E-state index >= 15 is 0 Å². The van der Waals surface area contributed by atoms with Gasteiger partial charge in [-0.1, -0.05) is 6.92 Å². The van der Waals surface area contributed by atoms with E-state index in [1.807, 2.05) is 0 Å². The number of rotatable bonds is 7. The summed E-state index contributed by atoms with van der Waals surface area (Å²) >= 11 is 0. The third-order valence-electron chi connectivity index (χ3n) is 11.5. The molecule has 0 radical (unpaired) electrons. The van der Waals surface area contributed by atoms with Crippen LogP contribution in [0.1, 0.15) is 26.2 Å². The summed E-state index contributed by atoms with van der Waals surface area (Å²) in [4.78, 5) is 2.41. The number of hydrogen-bond donors (Lipinski definition) is 3. The molecule has 9 bridgehead atoms. The normalized spacial score (nSPS) is 59.2. The molecule has 206 valence electrons. The van der Waals surface area contributed by atoms with Gasteiger partial charge in [0.25, 0.3) is 0 Å². The van der Waals surface area contributed by atoms with Crippen LogP contribution < -0.4 is 0 Å². The third kappa shape index (κ3) is 2.67. The van der Waals surface area contributed by atoms with Crippen molar-refractivity contribution in [2.45, 2.75) is 74.3 Å². The molecule has 10 nitrogen and oxygen atoms in total. The Morgan fingerprint density at radius 3 is 2.25 bits per heavy atom. The van der Waals surface area contributed by atoms with Gasteiger partial charge < -0.3 is 43.7 Å². The number of piperidine rings is 1. The molecule has 7 aliphatic rings. The van der Waals surface area contributed by atoms with Crippen LogP contribution in [0.3, 0.4) is 0 Å². The zero-order valence-corrected chi connectivity index (χ0v) is 22.3. The van der Waals surface area contributed by atoms with Gasteiger partial charge in [-0.05, 0) is 12.5 Å². The van der Waals surface area contributed by atoms with Crippen molar-refractivity contribution in [1.29, 1.82) is 0 Å². The molecular weight excluding hydrogens is 470 g/mol. The van der Waals surface area contributed by atoms with Crippen molar-refractivity contribution in [3.05, 3.63) is 0 Å². The van der Waals surface area contributed by atoms with Gasteiger partial charge in [-0.15, -0.1) is 0 Å². The molecule has 4 saturated carbocycles. The number of ether oxygens (including phenoxy) is 6. The molecule has 1 spiro atoms. The number of aliphatic hydroxyl groups excluding tert-OH is 1. The molecule has 36 heavy (non-hydrogen) atoms. The minimum Gasteiger partial charge on any atom is -0.392 e. The Balaban J connectivity index is 1.68. The number of fused-ring (bicyclic) bond motifs is 2. The molecule has 3 heterocycles. The topological polar surface area (TPSA) is 119 Å². The Hall–Kier alpha value is -0.400. The van der Waals surface area contributed by atoms with Crippen molar-refractivity contribution in [3.8, 4) is 0 Å². The van der Waals surface area contributed by atoms with E-state index in [2.05, 4.69) is 11.8 Å². The van der Waals surface area contributed by atoms with Crippen molar-refractivity contribution in [1.82, 2.24) is 4.90 Å². The highest BCUT2D eigenvalue weighted by atomic mass is 16.7. The molecule has 0 amide bonds. The van der Waals surface area contributed by atoms with Crippen LogP contribution in [0.25, 0.3) is 0 Å². The first kappa shape index (κ1) is 25.9. The first-order valence-electron chi connectivity index (χ1n) is 13.3. The molecule has 0 aromatic rings. The van der Waals surface area contributed by atoms with E-state index in [4.69, 9.17) is 28.4 Å². The van der Waals surface area contributed by atoms with E-state index < -0.39 is 46.6 Å². The van der Waals surface area contributed by atoms with Gasteiger partial charge in [0.1, 0.15) is 6.10 Å². The number of methoxy groups -OCH3 is 5. The molecule has 1 unspecified atom stereocenters. The van der Waals surface area contributed by atoms with Crippen molar-refractivity contribution < 1.29 is 43.7 Å². The zero-order valence-electron chi connectivity index (χ0n) is 22.3. The van der Waals surface area contributed by atoms with Gasteiger partial charge in [0.2, 0.25) is 0 Å². The highest BCUT2D eigenvalue weighted by Crippen LogP contribution is 2.78. The standard InChI is InChI=1S/C26H43NO9/c1-7-27-11-23(12-31-2)14(28)8-15(32-3)26-13-9-25(30)16(33-4)10-24(29,17(13)22(35-6)36-25)18(21(26)27)19(34-5)20(23)26/h13-22,28-30H,7-12H2,1-6H3/t13-,14-,15+,16+,17-,18+,19+,20-,21?,22-,23+,24-,25+,26+/m1/s1. The Morgan fingerprint density at radius 2 is 1.67 bits per heavy atom. The van der Waals surface area contributed by atoms with Crippen LogP contribution in [0, 0.1) is 34.5 Å². The fourth-order valence-corrected chi connectivity index (χ4v) is 10.7. The van der Waals surface area contributed by atoms with Gasteiger partial charge in [-0.3, -0.25) is 4.90 Å². The SMILES string of the molecule is CCN1C[C@]2(COC)[C@H](O)C[C@H](OC)[C@]34C1[C@H]([C@H](OC)[C@H]23)[C@@]1(O)C[C@H](OC)[C@]2(O)C[C@@H]4[C@@H]1[C@H](OC)O2. The number of hydrogen-bond acceptors (Lipinski definition) is 10. The van der Waals surface area contributed by atoms with E-state index in [0.717, 1.165) is 6.54 Å². The number of likely N-dealkylation sites (tertiary alicyclic amines) is 1. The predicted octanol–water partition coefficient (Wildman–Crippen LogP) is -0.172. The molecule has 0 aromatic heterocycles. The van der Waals surface area contributed by atoms with Crippen molar-refractivity contribution in [2.24, 2.45) is 34.5 Å². The van der Waals surface area contributed by atoms with Gasteiger partial charge in [0.15, 0.2) is 12.1 Å². The summed E-state index contributed by atoms with van der Waals surface area (Å²) in [6.45, 7) is 3.90. The minimum atomic E-state index is -1.62. The van der Waals surface area contributed by atoms with Crippen LogP contribution in [0.4, 0.5) is 0 Å². The second kappa shape index (κ2) is 8.30. The van der Waals surface area contributed by atoms with Crippen LogP contribution in [-0.2, 0) is 28.4 Å². The predicted molar refractivity (Wildman–Crippen MR) is 126 cm³/mol. The molecule has 3 aliphatic heterocycles. The maximum atomic E-state index is 12.9. The summed E-state index contributed by atoms with van der Waals surface area (Å²) in [5.41, 5.74) is -2.43. The van der Waals surface area contributed by atoms with Gasteiger partial charge in [0.05, 0.1) is 30.5 Å². The average Bonchev–Trinajstić information content (AvgIpc) is 2.95. The van der Waals surface area contributed by atoms with E-state index in [9.17, 15) is 15.3 Å². The van der Waals surface area contributed by atoms with E-state index in [0.29, 0.717) is 19.6 Å². The molecule has 10 heteroatoms. The monoisotopic (exact) mass is 513 g/mol. The Kier molecular flexibility index (Phi) is 5.96. The number of nitrogens with zero attached hydrogens (tertiary/aromatic N) is 1. The van der Waals surface area contributed by atoms with Gasteiger partial charge >= 0.3 is 0 Å². The smallest absolute Gasteiger partial charge is 0.195 e. The lowest BCUT2D eigenvalue weighted by molar-refractivity contribution is -0.389. The second-order valence-electron chi connectivity index (χ2n) is 12.2. The third-order valence-corrected chi connectivity index (χ3v) is 11.5. The Morgan fingerprint density at radius 1 is 0.944 bits per heavy atom. The lowest BCUT2D eigenvalue weighted by Crippen LogP contribution is -2.79. The molecule has 3 N–H and O–H groups in total. The molecule has 3 saturated heterocycles. The summed E-state index contributed by atoms with van der Waals surface area (Å²) in [6.07, 6.45) is -1.91. The summed E-state index contributed by atoms with van der Waals surface area (Å²) in [6, 6.07) is -0.0680. The second-order valence-corrected chi connectivity index (χ2v) is 12.2. The fraction of sp³-hybridized carbons (Fsp3) is 1.00. The van der Waals surface area contributed by atoms with Crippen LogP contribution >= 0.6 is 0 Å². The lowest BCUT2D eigenvalue weighted by atomic mass is 9.41. The summed E-state index contributed by atoms with van der Waals surface area (Å²) in [5.74, 6) is -2.74. The lowest BCUT2D eigenvalue weighted by Gasteiger charge is -2.71.